The van der Waals surface area contributed by atoms with Crippen molar-refractivity contribution in [2.45, 2.75) is 64.3 Å². The second kappa shape index (κ2) is 8.10. The fourth-order valence-corrected chi connectivity index (χ4v) is 1.88. The highest BCUT2D eigenvalue weighted by Crippen LogP contribution is 2.17. The molecule has 0 aromatic carbocycles. The first kappa shape index (κ1) is 13.8. The maximum absolute atomic E-state index is 11.4. The third-order valence-electron chi connectivity index (χ3n) is 2.73. The highest BCUT2D eigenvalue weighted by molar-refractivity contribution is 5.85. The van der Waals surface area contributed by atoms with Crippen molar-refractivity contribution in [1.29, 1.82) is 0 Å². The Morgan fingerprint density at radius 2 is 1.93 bits per heavy atom. The van der Waals surface area contributed by atoms with Crippen molar-refractivity contribution in [3.63, 3.8) is 0 Å². The zero-order valence-electron chi connectivity index (χ0n) is 9.05. The Labute approximate surface area is 93.2 Å². The molecule has 3 heteroatoms. The van der Waals surface area contributed by atoms with Crippen LogP contribution >= 0.6 is 12.4 Å². The number of rotatable bonds is 4. The minimum Gasteiger partial charge on any atom is -0.353 e. The molecule has 1 saturated carbocycles. The predicted octanol–water partition coefficient (Wildman–Crippen LogP) is 3.05. The maximum Gasteiger partial charge on any atom is 0.220 e. The van der Waals surface area contributed by atoms with Crippen LogP contribution in [0.1, 0.15) is 58.3 Å². The van der Waals surface area contributed by atoms with E-state index >= 15 is 0 Å². The average Bonchev–Trinajstić information content (AvgIpc) is 2.16. The largest absolute Gasteiger partial charge is 0.353 e. The molecule has 1 aliphatic carbocycles. The lowest BCUT2D eigenvalue weighted by atomic mass is 9.95. The lowest BCUT2D eigenvalue weighted by Crippen LogP contribution is -2.35. The van der Waals surface area contributed by atoms with Crippen LogP contribution in [-0.2, 0) is 4.79 Å². The Kier molecular flexibility index (Phi) is 7.96. The summed E-state index contributed by atoms with van der Waals surface area (Å²) >= 11 is 0. The summed E-state index contributed by atoms with van der Waals surface area (Å²) in [5, 5.41) is 3.11. The molecule has 0 bridgehead atoms. The van der Waals surface area contributed by atoms with E-state index in [1.54, 1.807) is 0 Å². The van der Waals surface area contributed by atoms with Crippen LogP contribution in [0.5, 0.6) is 0 Å². The molecule has 1 amide bonds. The third-order valence-corrected chi connectivity index (χ3v) is 2.73. The van der Waals surface area contributed by atoms with Gasteiger partial charge in [-0.3, -0.25) is 4.79 Å². The number of halogens is 1. The van der Waals surface area contributed by atoms with Gasteiger partial charge in [0.1, 0.15) is 0 Å². The fourth-order valence-electron chi connectivity index (χ4n) is 1.88. The Morgan fingerprint density at radius 1 is 1.29 bits per heavy atom. The van der Waals surface area contributed by atoms with E-state index in [2.05, 4.69) is 12.2 Å². The van der Waals surface area contributed by atoms with Crippen molar-refractivity contribution in [2.75, 3.05) is 0 Å². The molecule has 0 radical (unpaired) electrons. The number of nitrogens with one attached hydrogen (secondary N) is 1. The zero-order chi connectivity index (χ0) is 9.52. The summed E-state index contributed by atoms with van der Waals surface area (Å²) in [6, 6.07) is 0.484. The molecule has 0 aromatic rings. The lowest BCUT2D eigenvalue weighted by Gasteiger charge is -2.22. The maximum atomic E-state index is 11.4. The van der Waals surface area contributed by atoms with Gasteiger partial charge in [0.25, 0.3) is 0 Å². The van der Waals surface area contributed by atoms with Gasteiger partial charge in [0.2, 0.25) is 5.91 Å². The van der Waals surface area contributed by atoms with E-state index in [0.29, 0.717) is 12.5 Å². The second-order valence-corrected chi connectivity index (χ2v) is 4.01. The van der Waals surface area contributed by atoms with Crippen molar-refractivity contribution < 1.29 is 4.79 Å². The monoisotopic (exact) mass is 219 g/mol. The quantitative estimate of drug-likeness (QED) is 0.774. The molecule has 0 atom stereocenters. The molecule has 0 spiro atoms. The summed E-state index contributed by atoms with van der Waals surface area (Å²) in [5.74, 6) is 0.258. The van der Waals surface area contributed by atoms with E-state index in [0.717, 1.165) is 12.8 Å². The Balaban J connectivity index is 0.00000169. The molecule has 84 valence electrons. The van der Waals surface area contributed by atoms with E-state index in [-0.39, 0.29) is 18.3 Å². The number of hydrogen-bond donors (Lipinski definition) is 1. The topological polar surface area (TPSA) is 29.1 Å². The zero-order valence-corrected chi connectivity index (χ0v) is 9.87. The van der Waals surface area contributed by atoms with E-state index in [9.17, 15) is 4.79 Å². The summed E-state index contributed by atoms with van der Waals surface area (Å²) in [5.41, 5.74) is 0. The molecule has 0 unspecified atom stereocenters. The van der Waals surface area contributed by atoms with Crippen LogP contribution in [0.2, 0.25) is 0 Å². The number of carbonyl (C=O) groups is 1. The molecule has 1 fully saturated rings. The van der Waals surface area contributed by atoms with Gasteiger partial charge in [-0.2, -0.15) is 0 Å². The van der Waals surface area contributed by atoms with Crippen LogP contribution in [0.3, 0.4) is 0 Å². The molecule has 0 heterocycles. The minimum absolute atomic E-state index is 0. The van der Waals surface area contributed by atoms with Crippen LogP contribution in [-0.4, -0.2) is 11.9 Å². The van der Waals surface area contributed by atoms with Gasteiger partial charge in [-0.05, 0) is 19.3 Å². The number of amides is 1. The van der Waals surface area contributed by atoms with Crippen molar-refractivity contribution in [2.24, 2.45) is 0 Å². The van der Waals surface area contributed by atoms with Gasteiger partial charge in [-0.1, -0.05) is 32.6 Å². The van der Waals surface area contributed by atoms with Crippen molar-refractivity contribution >= 4 is 18.3 Å². The first-order valence-corrected chi connectivity index (χ1v) is 5.62. The number of carbonyl (C=O) groups excluding carboxylic acids is 1. The van der Waals surface area contributed by atoms with E-state index in [1.807, 2.05) is 0 Å². The second-order valence-electron chi connectivity index (χ2n) is 4.01. The van der Waals surface area contributed by atoms with Gasteiger partial charge in [-0.25, -0.2) is 0 Å². The number of unbranched alkanes of at least 4 members (excludes halogenated alkanes) is 1. The first-order valence-electron chi connectivity index (χ1n) is 5.62. The molecule has 14 heavy (non-hydrogen) atoms. The molecule has 1 aliphatic rings. The van der Waals surface area contributed by atoms with Crippen LogP contribution < -0.4 is 5.32 Å². The number of hydrogen-bond acceptors (Lipinski definition) is 1. The summed E-state index contributed by atoms with van der Waals surface area (Å²) in [7, 11) is 0. The van der Waals surface area contributed by atoms with Gasteiger partial charge in [-0.15, -0.1) is 12.4 Å². The van der Waals surface area contributed by atoms with Gasteiger partial charge in [0.05, 0.1) is 0 Å². The molecule has 1 N–H and O–H groups in total. The molecule has 0 aliphatic heterocycles. The molecule has 0 aromatic heterocycles. The SMILES string of the molecule is CCCCC(=O)NC1CCCCC1.Cl. The van der Waals surface area contributed by atoms with Crippen molar-refractivity contribution in [3.05, 3.63) is 0 Å². The van der Waals surface area contributed by atoms with Gasteiger partial charge in [0.15, 0.2) is 0 Å². The Hall–Kier alpha value is -0.240. The summed E-state index contributed by atoms with van der Waals surface area (Å²) < 4.78 is 0. The molecule has 1 rings (SSSR count). The minimum atomic E-state index is 0. The Morgan fingerprint density at radius 3 is 2.50 bits per heavy atom. The van der Waals surface area contributed by atoms with Gasteiger partial charge < -0.3 is 5.32 Å². The molecular formula is C11H22ClNO. The summed E-state index contributed by atoms with van der Waals surface area (Å²) in [6.45, 7) is 2.12. The van der Waals surface area contributed by atoms with Crippen molar-refractivity contribution in [3.8, 4) is 0 Å². The molecular weight excluding hydrogens is 198 g/mol. The molecule has 0 saturated heterocycles. The standard InChI is InChI=1S/C11H21NO.ClH/c1-2-3-9-11(13)12-10-7-5-4-6-8-10;/h10H,2-9H2,1H3,(H,12,13);1H. The average molecular weight is 220 g/mol. The molecule has 2 nitrogen and oxygen atoms in total. The van der Waals surface area contributed by atoms with Gasteiger partial charge >= 0.3 is 0 Å². The highest BCUT2D eigenvalue weighted by atomic mass is 35.5. The highest BCUT2D eigenvalue weighted by Gasteiger charge is 2.14. The predicted molar refractivity (Wildman–Crippen MR) is 61.8 cm³/mol. The first-order chi connectivity index (χ1) is 6.33. The summed E-state index contributed by atoms with van der Waals surface area (Å²) in [6.07, 6.45) is 9.16. The van der Waals surface area contributed by atoms with E-state index < -0.39 is 0 Å². The van der Waals surface area contributed by atoms with Crippen LogP contribution in [0.4, 0.5) is 0 Å². The van der Waals surface area contributed by atoms with Crippen molar-refractivity contribution in [1.82, 2.24) is 5.32 Å². The normalized spacial score (nSPS) is 17.2. The lowest BCUT2D eigenvalue weighted by molar-refractivity contribution is -0.122. The smallest absolute Gasteiger partial charge is 0.220 e. The van der Waals surface area contributed by atoms with Crippen LogP contribution in [0, 0.1) is 0 Å². The fraction of sp³-hybridized carbons (Fsp3) is 0.909. The Bertz CT molecular complexity index is 155. The van der Waals surface area contributed by atoms with E-state index in [1.165, 1.54) is 32.1 Å². The van der Waals surface area contributed by atoms with Crippen LogP contribution in [0.25, 0.3) is 0 Å². The van der Waals surface area contributed by atoms with Gasteiger partial charge in [0, 0.05) is 12.5 Å². The third kappa shape index (κ3) is 5.48. The van der Waals surface area contributed by atoms with Crippen LogP contribution in [0.15, 0.2) is 0 Å². The van der Waals surface area contributed by atoms with E-state index in [4.69, 9.17) is 0 Å². The summed E-state index contributed by atoms with van der Waals surface area (Å²) in [4.78, 5) is 11.4.